The third-order valence-corrected chi connectivity index (χ3v) is 2.78. The van der Waals surface area contributed by atoms with Crippen molar-refractivity contribution >= 4 is 16.8 Å². The molecular formula is C13H15N3O2W. The van der Waals surface area contributed by atoms with Crippen molar-refractivity contribution in [3.05, 3.63) is 41.3 Å². The summed E-state index contributed by atoms with van der Waals surface area (Å²) in [6.45, 7) is 0.920. The number of hydroxylamine groups is 1. The zero-order valence-electron chi connectivity index (χ0n) is 10.6. The van der Waals surface area contributed by atoms with E-state index in [1.807, 2.05) is 35.9 Å². The summed E-state index contributed by atoms with van der Waals surface area (Å²) in [5, 5.41) is 13.8. The Morgan fingerprint density at radius 2 is 2.21 bits per heavy atom. The summed E-state index contributed by atoms with van der Waals surface area (Å²) in [7, 11) is 1.95. The fraction of sp³-hybridized carbons (Fsp3) is 0.308. The quantitative estimate of drug-likeness (QED) is 0.329. The maximum absolute atomic E-state index is 10.8. The molecule has 0 bridgehead atoms. The van der Waals surface area contributed by atoms with E-state index in [2.05, 4.69) is 11.5 Å². The Balaban J connectivity index is 0.00000180. The van der Waals surface area contributed by atoms with Gasteiger partial charge >= 0.3 is 21.1 Å². The van der Waals surface area contributed by atoms with Crippen LogP contribution >= 0.6 is 0 Å². The molecule has 0 spiro atoms. The molecule has 0 saturated heterocycles. The largest absolute Gasteiger partial charge is 2.00 e. The molecule has 0 fully saturated rings. The molecule has 0 aliphatic rings. The summed E-state index contributed by atoms with van der Waals surface area (Å²) < 4.78 is 1.95. The maximum Gasteiger partial charge on any atom is 2.00 e. The number of rotatable bonds is 5. The molecule has 0 radical (unpaired) electrons. The Morgan fingerprint density at radius 3 is 2.95 bits per heavy atom. The van der Waals surface area contributed by atoms with E-state index in [-0.39, 0.29) is 27.5 Å². The van der Waals surface area contributed by atoms with Gasteiger partial charge in [0, 0.05) is 6.42 Å². The molecule has 2 N–H and O–H groups in total. The summed E-state index contributed by atoms with van der Waals surface area (Å²) in [4.78, 5) is 10.8. The predicted molar refractivity (Wildman–Crippen MR) is 68.2 cm³/mol. The average molecular weight is 429 g/mol. The zero-order chi connectivity index (χ0) is 13.0. The second-order valence-electron chi connectivity index (χ2n) is 4.06. The number of aryl methyl sites for hydroxylation is 1. The first-order valence-corrected chi connectivity index (χ1v) is 5.74. The molecule has 5 nitrogen and oxygen atoms in total. The second kappa shape index (κ2) is 7.43. The summed E-state index contributed by atoms with van der Waals surface area (Å²) in [5.41, 5.74) is 3.73. The smallest absolute Gasteiger partial charge is 0.660 e. The van der Waals surface area contributed by atoms with Crippen molar-refractivity contribution in [3.63, 3.8) is 0 Å². The van der Waals surface area contributed by atoms with Crippen LogP contribution in [0.3, 0.4) is 0 Å². The Bertz CT molecular complexity index is 554. The predicted octanol–water partition coefficient (Wildman–Crippen LogP) is 1.75. The van der Waals surface area contributed by atoms with Crippen LogP contribution < -0.4 is 5.48 Å². The molecule has 0 aliphatic heterocycles. The Hall–Kier alpha value is -1.16. The van der Waals surface area contributed by atoms with Gasteiger partial charge in [0.05, 0.1) is 0 Å². The maximum atomic E-state index is 10.8. The Labute approximate surface area is 126 Å². The van der Waals surface area contributed by atoms with Gasteiger partial charge in [-0.3, -0.25) is 10.0 Å². The molecule has 1 aromatic heterocycles. The number of amides is 1. The minimum Gasteiger partial charge on any atom is -0.660 e. The van der Waals surface area contributed by atoms with Crippen LogP contribution in [-0.2, 0) is 39.5 Å². The average Bonchev–Trinajstić information content (AvgIpc) is 2.72. The van der Waals surface area contributed by atoms with Gasteiger partial charge < -0.3 is 9.88 Å². The first-order chi connectivity index (χ1) is 8.72. The van der Waals surface area contributed by atoms with Crippen LogP contribution in [0.25, 0.3) is 16.2 Å². The van der Waals surface area contributed by atoms with Crippen molar-refractivity contribution in [2.24, 2.45) is 7.05 Å². The molecule has 1 heterocycles. The van der Waals surface area contributed by atoms with Gasteiger partial charge in [-0.1, -0.05) is 12.1 Å². The number of hydrogen-bond acceptors (Lipinski definition) is 2. The molecule has 0 atom stereocenters. The first-order valence-electron chi connectivity index (χ1n) is 5.74. The number of carbonyl (C=O) groups excluding carboxylic acids is 1. The van der Waals surface area contributed by atoms with Crippen molar-refractivity contribution in [3.8, 4) is 0 Å². The number of para-hydroxylation sites is 1. The van der Waals surface area contributed by atoms with Crippen LogP contribution in [0.1, 0.15) is 12.0 Å². The number of hydrogen-bond donors (Lipinski definition) is 2. The molecule has 19 heavy (non-hydrogen) atoms. The number of nitrogens with one attached hydrogen (secondary N) is 1. The molecule has 6 heteroatoms. The molecule has 0 unspecified atom stereocenters. The molecule has 2 aromatic rings. The summed E-state index contributed by atoms with van der Waals surface area (Å²) in [6.07, 6.45) is 3.42. The van der Waals surface area contributed by atoms with Gasteiger partial charge in [0.2, 0.25) is 5.91 Å². The number of carbonyl (C=O) groups is 1. The number of aromatic nitrogens is 1. The first kappa shape index (κ1) is 15.9. The molecule has 0 saturated carbocycles. The van der Waals surface area contributed by atoms with E-state index in [1.165, 1.54) is 0 Å². The van der Waals surface area contributed by atoms with Crippen LogP contribution in [0, 0.1) is 6.20 Å². The fourth-order valence-electron chi connectivity index (χ4n) is 1.89. The minimum atomic E-state index is -0.416. The van der Waals surface area contributed by atoms with Gasteiger partial charge in [-0.25, -0.2) is 5.48 Å². The fourth-order valence-corrected chi connectivity index (χ4v) is 1.89. The summed E-state index contributed by atoms with van der Waals surface area (Å²) >= 11 is 0. The van der Waals surface area contributed by atoms with Gasteiger partial charge in [0.1, 0.15) is 0 Å². The zero-order valence-corrected chi connectivity index (χ0v) is 13.5. The van der Waals surface area contributed by atoms with Crippen LogP contribution in [0.5, 0.6) is 0 Å². The molecule has 0 aliphatic carbocycles. The van der Waals surface area contributed by atoms with Gasteiger partial charge in [-0.2, -0.15) is 10.9 Å². The van der Waals surface area contributed by atoms with Crippen molar-refractivity contribution in [1.29, 1.82) is 0 Å². The molecule has 1 amide bonds. The monoisotopic (exact) mass is 429 g/mol. The second-order valence-corrected chi connectivity index (χ2v) is 4.06. The van der Waals surface area contributed by atoms with E-state index >= 15 is 0 Å². The Kier molecular flexibility index (Phi) is 6.22. The van der Waals surface area contributed by atoms with E-state index in [0.29, 0.717) is 13.1 Å². The van der Waals surface area contributed by atoms with Crippen molar-refractivity contribution in [2.75, 3.05) is 6.54 Å². The van der Waals surface area contributed by atoms with Crippen LogP contribution in [-0.4, -0.2) is 22.2 Å². The van der Waals surface area contributed by atoms with Gasteiger partial charge in [-0.15, -0.1) is 36.9 Å². The van der Waals surface area contributed by atoms with E-state index in [4.69, 9.17) is 5.21 Å². The third kappa shape index (κ3) is 3.90. The standard InChI is InChI=1S/C13H15N3O2.W/c1-16-9-10(8-14-7-6-13(17)15-18)11-4-2-3-5-12(11)16;/h2-5,18H,6-8H2,1H3,(H,15,17);/q-2;+2. The van der Waals surface area contributed by atoms with Gasteiger partial charge in [-0.05, 0) is 7.05 Å². The van der Waals surface area contributed by atoms with Crippen molar-refractivity contribution in [1.82, 2.24) is 10.0 Å². The van der Waals surface area contributed by atoms with E-state index in [1.54, 1.807) is 5.48 Å². The van der Waals surface area contributed by atoms with Crippen LogP contribution in [0.4, 0.5) is 0 Å². The van der Waals surface area contributed by atoms with Crippen LogP contribution in [0.15, 0.2) is 24.3 Å². The van der Waals surface area contributed by atoms with E-state index in [0.717, 1.165) is 16.5 Å². The van der Waals surface area contributed by atoms with Gasteiger partial charge in [0.25, 0.3) is 0 Å². The Morgan fingerprint density at radius 1 is 1.47 bits per heavy atom. The number of nitrogens with zero attached hydrogens (tertiary/aromatic N) is 2. The van der Waals surface area contributed by atoms with Gasteiger partial charge in [0.15, 0.2) is 0 Å². The van der Waals surface area contributed by atoms with Crippen molar-refractivity contribution in [2.45, 2.75) is 13.0 Å². The molecule has 1 aromatic carbocycles. The van der Waals surface area contributed by atoms with Crippen molar-refractivity contribution < 1.29 is 31.1 Å². The summed E-state index contributed by atoms with van der Waals surface area (Å²) in [6, 6.07) is 8.05. The van der Waals surface area contributed by atoms with E-state index < -0.39 is 5.91 Å². The van der Waals surface area contributed by atoms with E-state index in [9.17, 15) is 4.79 Å². The molecular weight excluding hydrogens is 414 g/mol. The number of benzene rings is 1. The normalized spacial score (nSPS) is 10.2. The van der Waals surface area contributed by atoms with Crippen LogP contribution in [0.2, 0.25) is 0 Å². The molecule has 2 rings (SSSR count). The minimum absolute atomic E-state index is 0. The SMILES string of the molecule is Cn1[c-]c(C[N-]CCC(=O)NO)c2ccccc21.[W+2]. The molecule has 100 valence electrons. The third-order valence-electron chi connectivity index (χ3n) is 2.78. The topological polar surface area (TPSA) is 68.4 Å². The number of fused-ring (bicyclic) bond motifs is 1. The summed E-state index contributed by atoms with van der Waals surface area (Å²) in [5.74, 6) is -0.416.